The summed E-state index contributed by atoms with van der Waals surface area (Å²) in [6, 6.07) is 10.5. The van der Waals surface area contributed by atoms with Crippen molar-refractivity contribution in [3.05, 3.63) is 70.1 Å². The molecule has 0 aromatic heterocycles. The lowest BCUT2D eigenvalue weighted by Gasteiger charge is -2.19. The van der Waals surface area contributed by atoms with Crippen LogP contribution in [0.15, 0.2) is 48.2 Å². The first kappa shape index (κ1) is 18.1. The predicted octanol–water partition coefficient (Wildman–Crippen LogP) is 4.39. The number of carbonyl (C=O) groups is 2. The number of benzene rings is 2. The van der Waals surface area contributed by atoms with Crippen molar-refractivity contribution < 1.29 is 14.0 Å². The van der Waals surface area contributed by atoms with E-state index in [1.165, 1.54) is 29.2 Å². The van der Waals surface area contributed by atoms with Crippen LogP contribution in [0.1, 0.15) is 25.0 Å². The van der Waals surface area contributed by atoms with Gasteiger partial charge in [-0.1, -0.05) is 29.8 Å². The summed E-state index contributed by atoms with van der Waals surface area (Å²) in [6.07, 6.45) is 0. The molecule has 0 bridgehead atoms. The number of carbonyl (C=O) groups excluding carboxylic acids is 2. The molecule has 0 unspecified atom stereocenters. The average Bonchev–Trinajstić information content (AvgIpc) is 2.82. The van der Waals surface area contributed by atoms with E-state index in [1.807, 2.05) is 13.0 Å². The molecule has 2 aromatic rings. The zero-order chi connectivity index (χ0) is 19.0. The van der Waals surface area contributed by atoms with E-state index in [-0.39, 0.29) is 17.3 Å². The van der Waals surface area contributed by atoms with Gasteiger partial charge >= 0.3 is 0 Å². The normalized spacial score (nSPS) is 14.6. The van der Waals surface area contributed by atoms with Gasteiger partial charge in [-0.25, -0.2) is 4.39 Å². The molecule has 3 rings (SSSR count). The molecule has 2 amide bonds. The van der Waals surface area contributed by atoms with Gasteiger partial charge in [-0.05, 0) is 56.2 Å². The van der Waals surface area contributed by atoms with Crippen LogP contribution in [-0.2, 0) is 9.59 Å². The maximum absolute atomic E-state index is 13.3. The average molecular weight is 373 g/mol. The van der Waals surface area contributed by atoms with Crippen LogP contribution in [0.3, 0.4) is 0 Å². The first-order valence-electron chi connectivity index (χ1n) is 8.21. The third-order valence-corrected chi connectivity index (χ3v) is 4.61. The second-order valence-corrected chi connectivity index (χ2v) is 6.83. The highest BCUT2D eigenvalue weighted by Gasteiger charge is 2.40. The molecule has 1 N–H and O–H groups in total. The minimum absolute atomic E-state index is 0.162. The van der Waals surface area contributed by atoms with Gasteiger partial charge in [0.05, 0.1) is 5.57 Å². The van der Waals surface area contributed by atoms with Crippen LogP contribution >= 0.6 is 11.6 Å². The molecule has 26 heavy (non-hydrogen) atoms. The highest BCUT2D eigenvalue weighted by Crippen LogP contribution is 2.32. The van der Waals surface area contributed by atoms with E-state index in [1.54, 1.807) is 26.0 Å². The minimum atomic E-state index is -0.416. The van der Waals surface area contributed by atoms with Crippen molar-refractivity contribution >= 4 is 34.7 Å². The maximum atomic E-state index is 13.3. The van der Waals surface area contributed by atoms with Crippen molar-refractivity contribution in [1.29, 1.82) is 0 Å². The van der Waals surface area contributed by atoms with Gasteiger partial charge in [-0.2, -0.15) is 0 Å². The van der Waals surface area contributed by atoms with Crippen molar-refractivity contribution in [3.63, 3.8) is 0 Å². The first-order valence-corrected chi connectivity index (χ1v) is 8.58. The highest BCUT2D eigenvalue weighted by molar-refractivity contribution is 6.36. The van der Waals surface area contributed by atoms with Crippen LogP contribution in [0.2, 0.25) is 5.02 Å². The summed E-state index contributed by atoms with van der Waals surface area (Å²) in [6.45, 7) is 5.41. The SMILES string of the molecule is Cc1ccc(NC2=C(c3ccc(F)cc3)C(=O)N(C(C)C)C2=O)cc1Cl. The molecule has 1 heterocycles. The zero-order valence-electron chi connectivity index (χ0n) is 14.6. The Hall–Kier alpha value is -2.66. The van der Waals surface area contributed by atoms with Gasteiger partial charge in [0.15, 0.2) is 0 Å². The molecule has 4 nitrogen and oxygen atoms in total. The van der Waals surface area contributed by atoms with Crippen LogP contribution in [-0.4, -0.2) is 22.8 Å². The molecule has 0 radical (unpaired) electrons. The molecule has 6 heteroatoms. The van der Waals surface area contributed by atoms with E-state index in [2.05, 4.69) is 5.32 Å². The van der Waals surface area contributed by atoms with E-state index in [0.29, 0.717) is 16.3 Å². The largest absolute Gasteiger partial charge is 0.350 e. The predicted molar refractivity (Wildman–Crippen MR) is 100 cm³/mol. The topological polar surface area (TPSA) is 49.4 Å². The van der Waals surface area contributed by atoms with Crippen molar-refractivity contribution in [2.45, 2.75) is 26.8 Å². The van der Waals surface area contributed by atoms with Crippen LogP contribution in [0.4, 0.5) is 10.1 Å². The standard InChI is InChI=1S/C20H18ClFN2O2/c1-11(2)24-19(25)17(13-5-7-14(22)8-6-13)18(20(24)26)23-15-9-4-12(3)16(21)10-15/h4-11,23H,1-3H3. The molecular weight excluding hydrogens is 355 g/mol. The summed E-state index contributed by atoms with van der Waals surface area (Å²) in [4.78, 5) is 26.9. The molecule has 0 aliphatic carbocycles. The lowest BCUT2D eigenvalue weighted by molar-refractivity contribution is -0.138. The maximum Gasteiger partial charge on any atom is 0.278 e. The van der Waals surface area contributed by atoms with Gasteiger partial charge in [0.25, 0.3) is 11.8 Å². The van der Waals surface area contributed by atoms with Gasteiger partial charge < -0.3 is 5.32 Å². The van der Waals surface area contributed by atoms with Crippen molar-refractivity contribution in [2.75, 3.05) is 5.32 Å². The number of imide groups is 1. The number of anilines is 1. The van der Waals surface area contributed by atoms with Crippen molar-refractivity contribution in [1.82, 2.24) is 4.90 Å². The van der Waals surface area contributed by atoms with Crippen LogP contribution in [0, 0.1) is 12.7 Å². The Labute approximate surface area is 156 Å². The number of halogens is 2. The third-order valence-electron chi connectivity index (χ3n) is 4.21. The van der Waals surface area contributed by atoms with Gasteiger partial charge in [0, 0.05) is 16.8 Å². The molecule has 2 aromatic carbocycles. The van der Waals surface area contributed by atoms with Gasteiger partial charge in [0.1, 0.15) is 11.5 Å². The Balaban J connectivity index is 2.10. The van der Waals surface area contributed by atoms with E-state index in [9.17, 15) is 14.0 Å². The smallest absolute Gasteiger partial charge is 0.278 e. The molecule has 0 saturated heterocycles. The highest BCUT2D eigenvalue weighted by atomic mass is 35.5. The van der Waals surface area contributed by atoms with E-state index >= 15 is 0 Å². The quantitative estimate of drug-likeness (QED) is 0.810. The first-order chi connectivity index (χ1) is 12.3. The number of rotatable bonds is 4. The molecule has 1 aliphatic rings. The van der Waals surface area contributed by atoms with Gasteiger partial charge in [-0.3, -0.25) is 14.5 Å². The Morgan fingerprint density at radius 3 is 2.27 bits per heavy atom. The second kappa shape index (κ2) is 6.92. The number of hydrogen-bond acceptors (Lipinski definition) is 3. The number of amides is 2. The lowest BCUT2D eigenvalue weighted by Crippen LogP contribution is -2.38. The minimum Gasteiger partial charge on any atom is -0.350 e. The Morgan fingerprint density at radius 1 is 1.04 bits per heavy atom. The molecule has 0 saturated carbocycles. The lowest BCUT2D eigenvalue weighted by atomic mass is 10.0. The molecule has 1 aliphatic heterocycles. The van der Waals surface area contributed by atoms with E-state index < -0.39 is 17.6 Å². The summed E-state index contributed by atoms with van der Waals surface area (Å²) < 4.78 is 13.3. The van der Waals surface area contributed by atoms with Crippen molar-refractivity contribution in [2.24, 2.45) is 0 Å². The molecule has 0 atom stereocenters. The summed E-state index contributed by atoms with van der Waals surface area (Å²) in [5, 5.41) is 3.58. The summed E-state index contributed by atoms with van der Waals surface area (Å²) in [5.74, 6) is -1.23. The third kappa shape index (κ3) is 3.22. The van der Waals surface area contributed by atoms with E-state index in [0.717, 1.165) is 5.56 Å². The Bertz CT molecular complexity index is 920. The fourth-order valence-electron chi connectivity index (χ4n) is 2.83. The zero-order valence-corrected chi connectivity index (χ0v) is 15.4. The number of hydrogen-bond donors (Lipinski definition) is 1. The summed E-state index contributed by atoms with van der Waals surface area (Å²) >= 11 is 6.15. The number of nitrogens with zero attached hydrogens (tertiary/aromatic N) is 1. The van der Waals surface area contributed by atoms with Crippen molar-refractivity contribution in [3.8, 4) is 0 Å². The van der Waals surface area contributed by atoms with Crippen LogP contribution < -0.4 is 5.32 Å². The number of aryl methyl sites for hydroxylation is 1. The number of nitrogens with one attached hydrogen (secondary N) is 1. The van der Waals surface area contributed by atoms with Crippen LogP contribution in [0.5, 0.6) is 0 Å². The van der Waals surface area contributed by atoms with Crippen LogP contribution in [0.25, 0.3) is 5.57 Å². The van der Waals surface area contributed by atoms with Gasteiger partial charge in [0.2, 0.25) is 0 Å². The Morgan fingerprint density at radius 2 is 1.69 bits per heavy atom. The van der Waals surface area contributed by atoms with Gasteiger partial charge in [-0.15, -0.1) is 0 Å². The Kier molecular flexibility index (Phi) is 4.83. The monoisotopic (exact) mass is 372 g/mol. The molecular formula is C20H18ClFN2O2. The molecule has 0 fully saturated rings. The summed E-state index contributed by atoms with van der Waals surface area (Å²) in [5.41, 5.74) is 2.37. The molecule has 134 valence electrons. The second-order valence-electron chi connectivity index (χ2n) is 6.42. The molecule has 0 spiro atoms. The summed E-state index contributed by atoms with van der Waals surface area (Å²) in [7, 11) is 0. The van der Waals surface area contributed by atoms with E-state index in [4.69, 9.17) is 11.6 Å². The fraction of sp³-hybridized carbons (Fsp3) is 0.200. The fourth-order valence-corrected chi connectivity index (χ4v) is 3.01.